The summed E-state index contributed by atoms with van der Waals surface area (Å²) in [6.07, 6.45) is -9.62. The van der Waals surface area contributed by atoms with Crippen LogP contribution >= 0.6 is 11.3 Å². The zero-order chi connectivity index (χ0) is 16.2. The second kappa shape index (κ2) is 4.51. The van der Waals surface area contributed by atoms with E-state index in [1.54, 1.807) is 0 Å². The molecule has 1 aromatic heterocycles. The van der Waals surface area contributed by atoms with E-state index in [-0.39, 0.29) is 10.1 Å². The van der Waals surface area contributed by atoms with Gasteiger partial charge in [-0.2, -0.15) is 26.3 Å². The highest BCUT2D eigenvalue weighted by atomic mass is 32.1. The Labute approximate surface area is 118 Å². The van der Waals surface area contributed by atoms with Gasteiger partial charge in [-0.25, -0.2) is 0 Å². The minimum Gasteiger partial charge on any atom is -0.397 e. The van der Waals surface area contributed by atoms with Crippen molar-refractivity contribution in [3.8, 4) is 0 Å². The third-order valence-electron chi connectivity index (χ3n) is 3.05. The molecule has 0 fully saturated rings. The first kappa shape index (κ1) is 15.9. The van der Waals surface area contributed by atoms with Crippen LogP contribution in [-0.2, 0) is 11.8 Å². The van der Waals surface area contributed by atoms with E-state index in [4.69, 9.17) is 5.73 Å². The summed E-state index contributed by atoms with van der Waals surface area (Å²) in [4.78, 5) is -0.621. The zero-order valence-corrected chi connectivity index (χ0v) is 11.2. The van der Waals surface area contributed by atoms with Crippen LogP contribution in [0.15, 0.2) is 18.2 Å². The fourth-order valence-electron chi connectivity index (χ4n) is 1.78. The van der Waals surface area contributed by atoms with E-state index >= 15 is 0 Å². The molecule has 0 bridgehead atoms. The number of halogens is 6. The van der Waals surface area contributed by atoms with Gasteiger partial charge in [0.1, 0.15) is 0 Å². The Morgan fingerprint density at radius 3 is 2.14 bits per heavy atom. The van der Waals surface area contributed by atoms with Gasteiger partial charge in [-0.05, 0) is 25.1 Å². The molecule has 21 heavy (non-hydrogen) atoms. The number of nitrogens with two attached hydrogens (primary N) is 1. The van der Waals surface area contributed by atoms with E-state index in [1.165, 1.54) is 0 Å². The number of alkyl halides is 6. The Hall–Kier alpha value is -1.48. The number of anilines is 1. The minimum absolute atomic E-state index is 0.139. The van der Waals surface area contributed by atoms with Crippen molar-refractivity contribution < 1.29 is 31.4 Å². The van der Waals surface area contributed by atoms with Gasteiger partial charge >= 0.3 is 12.4 Å². The van der Waals surface area contributed by atoms with Crippen molar-refractivity contribution in [2.45, 2.75) is 24.9 Å². The maximum atomic E-state index is 12.8. The van der Waals surface area contributed by atoms with Crippen LogP contribution in [0.5, 0.6) is 0 Å². The first-order valence-corrected chi connectivity index (χ1v) is 6.36. The van der Waals surface area contributed by atoms with Crippen molar-refractivity contribution in [3.05, 3.63) is 28.6 Å². The molecule has 1 atom stereocenters. The Balaban J connectivity index is 2.68. The molecule has 3 N–H and O–H groups in total. The summed E-state index contributed by atoms with van der Waals surface area (Å²) in [7, 11) is 0. The molecule has 0 saturated carbocycles. The molecule has 116 valence electrons. The molecule has 2 nitrogen and oxygen atoms in total. The van der Waals surface area contributed by atoms with Crippen LogP contribution in [0, 0.1) is 0 Å². The lowest BCUT2D eigenvalue weighted by molar-refractivity contribution is -0.257. The molecular weight excluding hydrogens is 320 g/mol. The van der Waals surface area contributed by atoms with Crippen molar-refractivity contribution in [1.82, 2.24) is 0 Å². The molecule has 0 aliphatic heterocycles. The molecule has 1 heterocycles. The third-order valence-corrected chi connectivity index (χ3v) is 4.45. The van der Waals surface area contributed by atoms with E-state index in [0.717, 1.165) is 12.1 Å². The highest BCUT2D eigenvalue weighted by Gasteiger charge is 2.53. The van der Waals surface area contributed by atoms with E-state index < -0.39 is 34.1 Å². The first-order valence-electron chi connectivity index (χ1n) is 5.54. The molecule has 2 aromatic rings. The molecule has 0 spiro atoms. The molecule has 9 heteroatoms. The number of benzene rings is 1. The summed E-state index contributed by atoms with van der Waals surface area (Å²) in [6.45, 7) is 0.513. The molecule has 0 radical (unpaired) electrons. The minimum atomic E-state index is -4.99. The molecule has 1 unspecified atom stereocenters. The Morgan fingerprint density at radius 1 is 1.10 bits per heavy atom. The molecule has 0 saturated heterocycles. The van der Waals surface area contributed by atoms with Gasteiger partial charge < -0.3 is 10.8 Å². The maximum absolute atomic E-state index is 12.8. The van der Waals surface area contributed by atoms with Gasteiger partial charge in [-0.1, -0.05) is 0 Å². The Kier molecular flexibility index (Phi) is 3.41. The van der Waals surface area contributed by atoms with Crippen LogP contribution in [0.25, 0.3) is 10.1 Å². The van der Waals surface area contributed by atoms with E-state index in [2.05, 4.69) is 0 Å². The summed E-state index contributed by atoms with van der Waals surface area (Å²) in [6, 6.07) is 2.47. The number of nitrogen functional groups attached to an aromatic ring is 1. The van der Waals surface area contributed by atoms with Gasteiger partial charge in [-0.3, -0.25) is 0 Å². The summed E-state index contributed by atoms with van der Waals surface area (Å²) in [5, 5.41) is 9.46. The average Bonchev–Trinajstić information content (AvgIpc) is 2.64. The lowest BCUT2D eigenvalue weighted by atomic mass is 10.0. The van der Waals surface area contributed by atoms with Crippen LogP contribution < -0.4 is 5.73 Å². The fraction of sp³-hybridized carbons (Fsp3) is 0.333. The highest BCUT2D eigenvalue weighted by Crippen LogP contribution is 2.48. The summed E-state index contributed by atoms with van der Waals surface area (Å²) < 4.78 is 76.4. The zero-order valence-electron chi connectivity index (χ0n) is 10.4. The van der Waals surface area contributed by atoms with Gasteiger partial charge in [0.2, 0.25) is 0 Å². The second-order valence-corrected chi connectivity index (χ2v) is 5.68. The SMILES string of the molecule is CC(O)(c1sc2ccc(C(F)(F)F)cc2c1N)C(F)(F)F. The van der Waals surface area contributed by atoms with Crippen molar-refractivity contribution in [2.75, 3.05) is 5.73 Å². The van der Waals surface area contributed by atoms with Gasteiger partial charge in [0.05, 0.1) is 16.1 Å². The quantitative estimate of drug-likeness (QED) is 0.768. The van der Waals surface area contributed by atoms with Crippen molar-refractivity contribution >= 4 is 27.1 Å². The molecule has 0 amide bonds. The van der Waals surface area contributed by atoms with Crippen LogP contribution in [0.4, 0.5) is 32.0 Å². The van der Waals surface area contributed by atoms with Gasteiger partial charge in [0.25, 0.3) is 0 Å². The lowest BCUT2D eigenvalue weighted by Crippen LogP contribution is -2.38. The number of hydrogen-bond donors (Lipinski definition) is 2. The fourth-order valence-corrected chi connectivity index (χ4v) is 2.95. The second-order valence-electron chi connectivity index (χ2n) is 4.62. The number of rotatable bonds is 1. The average molecular weight is 329 g/mol. The van der Waals surface area contributed by atoms with E-state index in [1.807, 2.05) is 0 Å². The third kappa shape index (κ3) is 2.55. The van der Waals surface area contributed by atoms with E-state index in [9.17, 15) is 31.4 Å². The molecule has 2 rings (SSSR count). The highest BCUT2D eigenvalue weighted by molar-refractivity contribution is 7.19. The largest absolute Gasteiger partial charge is 0.422 e. The number of fused-ring (bicyclic) bond motifs is 1. The van der Waals surface area contributed by atoms with Crippen LogP contribution in [0.2, 0.25) is 0 Å². The van der Waals surface area contributed by atoms with Gasteiger partial charge in [0.15, 0.2) is 5.60 Å². The summed E-state index contributed by atoms with van der Waals surface area (Å²) in [5.74, 6) is 0. The predicted molar refractivity (Wildman–Crippen MR) is 66.9 cm³/mol. The van der Waals surface area contributed by atoms with Crippen LogP contribution in [0.1, 0.15) is 17.4 Å². The van der Waals surface area contributed by atoms with Gasteiger partial charge in [-0.15, -0.1) is 11.3 Å². The topological polar surface area (TPSA) is 46.2 Å². The summed E-state index contributed by atoms with van der Waals surface area (Å²) >= 11 is 0.515. The first-order chi connectivity index (χ1) is 9.35. The lowest BCUT2D eigenvalue weighted by Gasteiger charge is -2.25. The standard InChI is InChI=1S/C12H9F6NOS/c1-10(20,12(16,17)18)9-8(19)6-4-5(11(13,14)15)2-3-7(6)21-9/h2-4,20H,19H2,1H3. The van der Waals surface area contributed by atoms with Crippen molar-refractivity contribution in [3.63, 3.8) is 0 Å². The smallest absolute Gasteiger partial charge is 0.397 e. The maximum Gasteiger partial charge on any atom is 0.422 e. The molecule has 1 aromatic carbocycles. The molecule has 0 aliphatic carbocycles. The number of aliphatic hydroxyl groups is 1. The van der Waals surface area contributed by atoms with Crippen LogP contribution in [-0.4, -0.2) is 11.3 Å². The molecule has 0 aliphatic rings. The number of thiophene rings is 1. The number of hydrogen-bond acceptors (Lipinski definition) is 3. The van der Waals surface area contributed by atoms with Crippen LogP contribution in [0.3, 0.4) is 0 Å². The molecular formula is C12H9F6NOS. The Bertz CT molecular complexity index is 685. The monoisotopic (exact) mass is 329 g/mol. The van der Waals surface area contributed by atoms with Crippen molar-refractivity contribution in [1.29, 1.82) is 0 Å². The van der Waals surface area contributed by atoms with Crippen molar-refractivity contribution in [2.24, 2.45) is 0 Å². The summed E-state index contributed by atoms with van der Waals surface area (Å²) in [5.41, 5.74) is 0.781. The van der Waals surface area contributed by atoms with E-state index in [0.29, 0.717) is 24.3 Å². The Morgan fingerprint density at radius 2 is 1.67 bits per heavy atom. The predicted octanol–water partition coefficient (Wildman–Crippen LogP) is 4.27. The normalized spacial score (nSPS) is 16.2. The van der Waals surface area contributed by atoms with Gasteiger partial charge in [0, 0.05) is 10.1 Å².